The first kappa shape index (κ1) is 21.2. The number of benzene rings is 2. The number of guanidine groups is 1. The highest BCUT2D eigenvalue weighted by molar-refractivity contribution is 8.01. The van der Waals surface area contributed by atoms with Crippen molar-refractivity contribution >= 4 is 23.6 Å². The van der Waals surface area contributed by atoms with E-state index in [1.165, 1.54) is 29.9 Å². The van der Waals surface area contributed by atoms with Crippen molar-refractivity contribution in [3.63, 3.8) is 0 Å². The summed E-state index contributed by atoms with van der Waals surface area (Å²) in [6, 6.07) is 16.4. The molecule has 1 aliphatic rings. The Morgan fingerprint density at radius 2 is 1.72 bits per heavy atom. The fourth-order valence-corrected chi connectivity index (χ4v) is 4.14. The van der Waals surface area contributed by atoms with Crippen LogP contribution in [0.25, 0.3) is 0 Å². The average molecular weight is 415 g/mol. The van der Waals surface area contributed by atoms with Gasteiger partial charge in [0.05, 0.1) is 6.42 Å². The van der Waals surface area contributed by atoms with Gasteiger partial charge in [0.1, 0.15) is 5.82 Å². The maximum Gasteiger partial charge on any atom is 0.224 e. The van der Waals surface area contributed by atoms with E-state index in [4.69, 9.17) is 0 Å². The number of thioether (sulfide) groups is 1. The molecular weight excluding hydrogens is 387 g/mol. The zero-order chi connectivity index (χ0) is 20.5. The van der Waals surface area contributed by atoms with Gasteiger partial charge in [0.25, 0.3) is 0 Å². The zero-order valence-electron chi connectivity index (χ0n) is 16.6. The van der Waals surface area contributed by atoms with Crippen molar-refractivity contribution in [1.82, 2.24) is 16.0 Å². The molecule has 7 heteroatoms. The number of hydrogen-bond donors (Lipinski definition) is 3. The quantitative estimate of drug-likeness (QED) is 0.335. The molecular formula is C22H27FN4OS. The Balaban J connectivity index is 1.33. The summed E-state index contributed by atoms with van der Waals surface area (Å²) in [6.07, 6.45) is 2.62. The van der Waals surface area contributed by atoms with Crippen LogP contribution in [0, 0.1) is 5.82 Å². The van der Waals surface area contributed by atoms with Gasteiger partial charge in [-0.3, -0.25) is 9.79 Å². The van der Waals surface area contributed by atoms with Gasteiger partial charge >= 0.3 is 0 Å². The van der Waals surface area contributed by atoms with E-state index < -0.39 is 0 Å². The van der Waals surface area contributed by atoms with Gasteiger partial charge in [0.2, 0.25) is 5.91 Å². The molecule has 0 heterocycles. The van der Waals surface area contributed by atoms with E-state index in [9.17, 15) is 9.18 Å². The van der Waals surface area contributed by atoms with Gasteiger partial charge < -0.3 is 16.0 Å². The van der Waals surface area contributed by atoms with Gasteiger partial charge in [-0.15, -0.1) is 11.8 Å². The third-order valence-corrected chi connectivity index (χ3v) is 6.20. The van der Waals surface area contributed by atoms with Crippen LogP contribution < -0.4 is 16.0 Å². The normalized spacial score (nSPS) is 14.9. The molecule has 2 aromatic carbocycles. The van der Waals surface area contributed by atoms with E-state index >= 15 is 0 Å². The molecule has 2 aromatic rings. The second kappa shape index (κ2) is 10.3. The third kappa shape index (κ3) is 7.09. The van der Waals surface area contributed by atoms with Gasteiger partial charge in [-0.2, -0.15) is 0 Å². The highest BCUT2D eigenvalue weighted by Gasteiger charge is 2.43. The van der Waals surface area contributed by atoms with Crippen molar-refractivity contribution in [3.05, 3.63) is 66.0 Å². The Bertz CT molecular complexity index is 822. The number of carbonyl (C=O) groups is 1. The number of carbonyl (C=O) groups excluding carboxylic acids is 1. The summed E-state index contributed by atoms with van der Waals surface area (Å²) >= 11 is 1.92. The molecule has 5 nitrogen and oxygen atoms in total. The second-order valence-corrected chi connectivity index (χ2v) is 8.65. The minimum absolute atomic E-state index is 0.0856. The van der Waals surface area contributed by atoms with Crippen LogP contribution in [0.15, 0.2) is 64.5 Å². The molecule has 1 fully saturated rings. The predicted molar refractivity (Wildman–Crippen MR) is 117 cm³/mol. The SMILES string of the molecule is CN=C(NCCNC(=O)Cc1ccc(F)cc1)NCC1(Sc2ccccc2)CC1. The Kier molecular flexibility index (Phi) is 7.52. The number of aliphatic imine (C=N–C) groups is 1. The van der Waals surface area contributed by atoms with Gasteiger partial charge in [-0.25, -0.2) is 4.39 Å². The summed E-state index contributed by atoms with van der Waals surface area (Å²) in [5, 5.41) is 9.48. The number of nitrogens with zero attached hydrogens (tertiary/aromatic N) is 1. The minimum atomic E-state index is -0.299. The molecule has 0 unspecified atom stereocenters. The fraction of sp³-hybridized carbons (Fsp3) is 0.364. The molecule has 3 N–H and O–H groups in total. The van der Waals surface area contributed by atoms with Crippen molar-refractivity contribution in [1.29, 1.82) is 0 Å². The second-order valence-electron chi connectivity index (χ2n) is 7.10. The highest BCUT2D eigenvalue weighted by Crippen LogP contribution is 2.51. The van der Waals surface area contributed by atoms with Crippen molar-refractivity contribution in [2.75, 3.05) is 26.7 Å². The van der Waals surface area contributed by atoms with Crippen molar-refractivity contribution in [2.24, 2.45) is 4.99 Å². The first-order chi connectivity index (χ1) is 14.1. The summed E-state index contributed by atoms with van der Waals surface area (Å²) in [5.74, 6) is 0.350. The lowest BCUT2D eigenvalue weighted by Crippen LogP contribution is -2.44. The van der Waals surface area contributed by atoms with Crippen LogP contribution in [-0.2, 0) is 11.2 Å². The van der Waals surface area contributed by atoms with Gasteiger partial charge in [0, 0.05) is 36.3 Å². The Labute approximate surface area is 175 Å². The zero-order valence-corrected chi connectivity index (χ0v) is 17.4. The molecule has 154 valence electrons. The van der Waals surface area contributed by atoms with Gasteiger partial charge in [-0.1, -0.05) is 30.3 Å². The monoisotopic (exact) mass is 414 g/mol. The molecule has 0 aliphatic heterocycles. The molecule has 0 radical (unpaired) electrons. The van der Waals surface area contributed by atoms with Crippen LogP contribution in [0.4, 0.5) is 4.39 Å². The minimum Gasteiger partial charge on any atom is -0.355 e. The Hall–Kier alpha value is -2.54. The molecule has 0 spiro atoms. The predicted octanol–water partition coefficient (Wildman–Crippen LogP) is 2.97. The van der Waals surface area contributed by atoms with Crippen molar-refractivity contribution in [2.45, 2.75) is 28.9 Å². The number of rotatable bonds is 9. The lowest BCUT2D eigenvalue weighted by molar-refractivity contribution is -0.120. The number of hydrogen-bond acceptors (Lipinski definition) is 3. The molecule has 1 saturated carbocycles. The lowest BCUT2D eigenvalue weighted by atomic mass is 10.1. The summed E-state index contributed by atoms with van der Waals surface area (Å²) in [6.45, 7) is 1.92. The van der Waals surface area contributed by atoms with E-state index in [1.54, 1.807) is 19.2 Å². The summed E-state index contributed by atoms with van der Waals surface area (Å²) in [5.41, 5.74) is 0.792. The van der Waals surface area contributed by atoms with E-state index in [2.05, 4.69) is 45.2 Å². The average Bonchev–Trinajstić information content (AvgIpc) is 3.49. The van der Waals surface area contributed by atoms with Crippen LogP contribution in [0.5, 0.6) is 0 Å². The molecule has 29 heavy (non-hydrogen) atoms. The first-order valence-electron chi connectivity index (χ1n) is 9.78. The number of amides is 1. The standard InChI is InChI=1S/C22H27FN4OS/c1-24-21(27-16-22(11-12-22)29-19-5-3-2-4-6-19)26-14-13-25-20(28)15-17-7-9-18(23)10-8-17/h2-10H,11-16H2,1H3,(H,25,28)(H2,24,26,27). The lowest BCUT2D eigenvalue weighted by Gasteiger charge is -2.18. The topological polar surface area (TPSA) is 65.5 Å². The maximum atomic E-state index is 12.9. The van der Waals surface area contributed by atoms with Crippen LogP contribution in [0.3, 0.4) is 0 Å². The molecule has 1 aliphatic carbocycles. The van der Waals surface area contributed by atoms with Gasteiger partial charge in [-0.05, 0) is 42.7 Å². The van der Waals surface area contributed by atoms with E-state index in [0.717, 1.165) is 18.1 Å². The highest BCUT2D eigenvalue weighted by atomic mass is 32.2. The van der Waals surface area contributed by atoms with E-state index in [-0.39, 0.29) is 22.9 Å². The smallest absolute Gasteiger partial charge is 0.224 e. The van der Waals surface area contributed by atoms with Gasteiger partial charge in [0.15, 0.2) is 5.96 Å². The number of halogens is 1. The van der Waals surface area contributed by atoms with Crippen molar-refractivity contribution < 1.29 is 9.18 Å². The largest absolute Gasteiger partial charge is 0.355 e. The molecule has 0 saturated heterocycles. The van der Waals surface area contributed by atoms with E-state index in [0.29, 0.717) is 13.1 Å². The van der Waals surface area contributed by atoms with Crippen LogP contribution in [0.1, 0.15) is 18.4 Å². The van der Waals surface area contributed by atoms with Crippen molar-refractivity contribution in [3.8, 4) is 0 Å². The summed E-state index contributed by atoms with van der Waals surface area (Å²) in [4.78, 5) is 17.5. The van der Waals surface area contributed by atoms with E-state index in [1.807, 2.05) is 17.8 Å². The third-order valence-electron chi connectivity index (χ3n) is 4.70. The first-order valence-corrected chi connectivity index (χ1v) is 10.6. The Morgan fingerprint density at radius 3 is 2.38 bits per heavy atom. The molecule has 0 bridgehead atoms. The Morgan fingerprint density at radius 1 is 1.03 bits per heavy atom. The maximum absolute atomic E-state index is 12.9. The fourth-order valence-electron chi connectivity index (χ4n) is 2.89. The molecule has 0 aromatic heterocycles. The molecule has 0 atom stereocenters. The molecule has 3 rings (SSSR count). The van der Waals surface area contributed by atoms with Crippen LogP contribution in [-0.4, -0.2) is 43.3 Å². The van der Waals surface area contributed by atoms with Crippen LogP contribution >= 0.6 is 11.8 Å². The molecule has 1 amide bonds. The number of nitrogens with one attached hydrogen (secondary N) is 3. The summed E-state index contributed by atoms with van der Waals surface area (Å²) < 4.78 is 13.1. The van der Waals surface area contributed by atoms with Crippen LogP contribution in [0.2, 0.25) is 0 Å². The summed E-state index contributed by atoms with van der Waals surface area (Å²) in [7, 11) is 1.74.